The fourth-order valence-corrected chi connectivity index (χ4v) is 1.53. The van der Waals surface area contributed by atoms with Crippen LogP contribution in [0.15, 0.2) is 24.6 Å². The first-order valence-corrected chi connectivity index (χ1v) is 5.15. The zero-order valence-corrected chi connectivity index (χ0v) is 8.85. The van der Waals surface area contributed by atoms with E-state index in [4.69, 9.17) is 0 Å². The molecule has 0 aromatic rings. The van der Waals surface area contributed by atoms with Crippen LogP contribution in [0, 0.1) is 0 Å². The van der Waals surface area contributed by atoms with Crippen LogP contribution in [0.5, 0.6) is 0 Å². The third-order valence-corrected chi connectivity index (χ3v) is 2.36. The molecule has 2 aliphatic rings. The van der Waals surface area contributed by atoms with Crippen LogP contribution < -0.4 is 10.6 Å². The molecule has 2 heterocycles. The number of carbonyl (C=O) groups excluding carboxylic acids is 2. The maximum Gasteiger partial charge on any atom is 0.317 e. The molecule has 2 N–H and O–H groups in total. The molecule has 0 fully saturated rings. The average Bonchev–Trinajstić information content (AvgIpc) is 2.39. The van der Waals surface area contributed by atoms with Crippen molar-refractivity contribution in [2.45, 2.75) is 0 Å². The van der Waals surface area contributed by atoms with Crippen LogP contribution in [-0.4, -0.2) is 48.0 Å². The van der Waals surface area contributed by atoms with Crippen LogP contribution in [0.3, 0.4) is 0 Å². The van der Waals surface area contributed by atoms with Gasteiger partial charge >= 0.3 is 11.8 Å². The van der Waals surface area contributed by atoms with Crippen LogP contribution in [0.25, 0.3) is 0 Å². The second-order valence-corrected chi connectivity index (χ2v) is 3.54. The highest BCUT2D eigenvalue weighted by molar-refractivity contribution is 6.35. The van der Waals surface area contributed by atoms with E-state index in [1.807, 2.05) is 0 Å². The normalized spacial score (nSPS) is 20.0. The highest BCUT2D eigenvalue weighted by atomic mass is 16.2. The van der Waals surface area contributed by atoms with Gasteiger partial charge in [-0.15, -0.1) is 0 Å². The molecular weight excluding hydrogens is 208 g/mol. The van der Waals surface area contributed by atoms with Crippen molar-refractivity contribution in [2.24, 2.45) is 0 Å². The standard InChI is InChI=1S/C10H14N4O2/c15-9(13-5-1-3-11-7-13)10(16)14-6-2-4-12-8-14/h1-2,5-6,11-12H,3-4,7-8H2. The molecule has 0 bridgehead atoms. The first-order chi connectivity index (χ1) is 7.79. The molecule has 86 valence electrons. The molecule has 6 nitrogen and oxygen atoms in total. The van der Waals surface area contributed by atoms with Gasteiger partial charge in [-0.1, -0.05) is 12.2 Å². The van der Waals surface area contributed by atoms with Gasteiger partial charge in [-0.2, -0.15) is 0 Å². The van der Waals surface area contributed by atoms with Gasteiger partial charge < -0.3 is 0 Å². The minimum atomic E-state index is -0.517. The molecule has 0 saturated heterocycles. The Morgan fingerprint density at radius 2 is 1.31 bits per heavy atom. The lowest BCUT2D eigenvalue weighted by molar-refractivity contribution is -0.149. The topological polar surface area (TPSA) is 64.7 Å². The Morgan fingerprint density at radius 1 is 0.875 bits per heavy atom. The van der Waals surface area contributed by atoms with Gasteiger partial charge in [0.15, 0.2) is 0 Å². The number of hydrogen-bond acceptors (Lipinski definition) is 4. The van der Waals surface area contributed by atoms with Gasteiger partial charge in [-0.25, -0.2) is 0 Å². The lowest BCUT2D eigenvalue weighted by Crippen LogP contribution is -2.48. The second-order valence-electron chi connectivity index (χ2n) is 3.54. The summed E-state index contributed by atoms with van der Waals surface area (Å²) < 4.78 is 0. The summed E-state index contributed by atoms with van der Waals surface area (Å²) in [5, 5.41) is 5.97. The summed E-state index contributed by atoms with van der Waals surface area (Å²) in [5.74, 6) is -1.03. The Morgan fingerprint density at radius 3 is 1.62 bits per heavy atom. The number of rotatable bonds is 0. The minimum absolute atomic E-state index is 0.381. The van der Waals surface area contributed by atoms with Crippen LogP contribution in [0.2, 0.25) is 0 Å². The molecule has 0 aromatic carbocycles. The fraction of sp³-hybridized carbons (Fsp3) is 0.400. The van der Waals surface area contributed by atoms with Gasteiger partial charge in [-0.3, -0.25) is 30.0 Å². The van der Waals surface area contributed by atoms with Gasteiger partial charge in [0, 0.05) is 25.5 Å². The Labute approximate surface area is 93.6 Å². The van der Waals surface area contributed by atoms with Crippen molar-refractivity contribution >= 4 is 11.8 Å². The Balaban J connectivity index is 2.00. The number of carbonyl (C=O) groups is 2. The zero-order chi connectivity index (χ0) is 11.4. The molecule has 0 aromatic heterocycles. The molecule has 0 aliphatic carbocycles. The van der Waals surface area contributed by atoms with E-state index in [9.17, 15) is 9.59 Å². The van der Waals surface area contributed by atoms with Crippen LogP contribution >= 0.6 is 0 Å². The van der Waals surface area contributed by atoms with Gasteiger partial charge in [0.25, 0.3) is 0 Å². The molecule has 16 heavy (non-hydrogen) atoms. The van der Waals surface area contributed by atoms with Crippen LogP contribution in [-0.2, 0) is 9.59 Å². The van der Waals surface area contributed by atoms with Crippen molar-refractivity contribution < 1.29 is 9.59 Å². The lowest BCUT2D eigenvalue weighted by atomic mass is 10.4. The van der Waals surface area contributed by atoms with E-state index < -0.39 is 11.8 Å². The van der Waals surface area contributed by atoms with E-state index in [0.29, 0.717) is 13.3 Å². The number of nitrogens with zero attached hydrogens (tertiary/aromatic N) is 2. The third kappa shape index (κ3) is 2.29. The van der Waals surface area contributed by atoms with Gasteiger partial charge in [0.2, 0.25) is 0 Å². The van der Waals surface area contributed by atoms with Gasteiger partial charge in [-0.05, 0) is 0 Å². The fourth-order valence-electron chi connectivity index (χ4n) is 1.53. The van der Waals surface area contributed by atoms with Crippen molar-refractivity contribution in [3.8, 4) is 0 Å². The minimum Gasteiger partial charge on any atom is -0.298 e. The van der Waals surface area contributed by atoms with Gasteiger partial charge in [0.1, 0.15) is 0 Å². The molecule has 0 spiro atoms. The molecule has 2 aliphatic heterocycles. The highest BCUT2D eigenvalue weighted by Gasteiger charge is 2.25. The van der Waals surface area contributed by atoms with E-state index in [2.05, 4.69) is 10.6 Å². The molecule has 2 amide bonds. The van der Waals surface area contributed by atoms with E-state index in [1.165, 1.54) is 9.80 Å². The van der Waals surface area contributed by atoms with Gasteiger partial charge in [0.05, 0.1) is 13.3 Å². The molecular formula is C10H14N4O2. The summed E-state index contributed by atoms with van der Waals surface area (Å²) in [4.78, 5) is 26.3. The van der Waals surface area contributed by atoms with Crippen molar-refractivity contribution in [1.29, 1.82) is 0 Å². The summed E-state index contributed by atoms with van der Waals surface area (Å²) in [6.07, 6.45) is 6.88. The Hall–Kier alpha value is -1.66. The van der Waals surface area contributed by atoms with E-state index >= 15 is 0 Å². The molecule has 2 rings (SSSR count). The summed E-state index contributed by atoms with van der Waals surface area (Å²) in [5.41, 5.74) is 0. The SMILES string of the molecule is O=C(C(=O)N1C=CCNC1)N1C=CCNC1. The average molecular weight is 222 g/mol. The van der Waals surface area contributed by atoms with E-state index in [0.717, 1.165) is 13.1 Å². The van der Waals surface area contributed by atoms with Crippen molar-refractivity contribution in [3.05, 3.63) is 24.6 Å². The molecule has 6 heteroatoms. The molecule has 0 saturated carbocycles. The number of amides is 2. The van der Waals surface area contributed by atoms with Crippen molar-refractivity contribution in [2.75, 3.05) is 26.4 Å². The summed E-state index contributed by atoms with van der Waals surface area (Å²) >= 11 is 0. The summed E-state index contributed by atoms with van der Waals surface area (Å²) in [7, 11) is 0. The second kappa shape index (κ2) is 4.91. The zero-order valence-electron chi connectivity index (χ0n) is 8.85. The summed E-state index contributed by atoms with van der Waals surface area (Å²) in [6, 6.07) is 0. The van der Waals surface area contributed by atoms with Crippen molar-refractivity contribution in [1.82, 2.24) is 20.4 Å². The Bertz CT molecular complexity index is 317. The highest BCUT2D eigenvalue weighted by Crippen LogP contribution is 2.01. The maximum atomic E-state index is 11.8. The molecule has 0 radical (unpaired) electrons. The predicted octanol–water partition coefficient (Wildman–Crippen LogP) is -1.21. The van der Waals surface area contributed by atoms with E-state index in [1.54, 1.807) is 24.6 Å². The monoisotopic (exact) mass is 222 g/mol. The number of hydrogen-bond donors (Lipinski definition) is 2. The first kappa shape index (κ1) is 10.8. The van der Waals surface area contributed by atoms with Crippen molar-refractivity contribution in [3.63, 3.8) is 0 Å². The Kier molecular flexibility index (Phi) is 3.33. The smallest absolute Gasteiger partial charge is 0.298 e. The molecule has 0 unspecified atom stereocenters. The maximum absolute atomic E-state index is 11.8. The quantitative estimate of drug-likeness (QED) is 0.505. The van der Waals surface area contributed by atoms with E-state index in [-0.39, 0.29) is 0 Å². The largest absolute Gasteiger partial charge is 0.317 e. The number of nitrogens with one attached hydrogen (secondary N) is 2. The first-order valence-electron chi connectivity index (χ1n) is 5.15. The third-order valence-electron chi connectivity index (χ3n) is 2.36. The molecule has 0 atom stereocenters. The van der Waals surface area contributed by atoms with Crippen LogP contribution in [0.4, 0.5) is 0 Å². The predicted molar refractivity (Wildman–Crippen MR) is 57.7 cm³/mol. The van der Waals surface area contributed by atoms with Crippen LogP contribution in [0.1, 0.15) is 0 Å². The summed E-state index contributed by atoms with van der Waals surface area (Å²) in [6.45, 7) is 2.21. The lowest BCUT2D eigenvalue weighted by Gasteiger charge is -2.26.